The van der Waals surface area contributed by atoms with Crippen molar-refractivity contribution < 1.29 is 27.6 Å². The number of hydrogen-bond donors (Lipinski definition) is 1. The maximum atomic E-state index is 12.7. The number of benzene rings is 2. The van der Waals surface area contributed by atoms with Crippen LogP contribution >= 0.6 is 0 Å². The Kier molecular flexibility index (Phi) is 6.72. The third kappa shape index (κ3) is 5.84. The maximum Gasteiger partial charge on any atom is 0.416 e. The van der Waals surface area contributed by atoms with E-state index in [0.717, 1.165) is 30.5 Å². The minimum atomic E-state index is -4.45. The van der Waals surface area contributed by atoms with Gasteiger partial charge in [-0.15, -0.1) is 0 Å². The van der Waals surface area contributed by atoms with Gasteiger partial charge in [0.2, 0.25) is 5.91 Å². The maximum absolute atomic E-state index is 12.7. The third-order valence-corrected chi connectivity index (χ3v) is 5.84. The Bertz CT molecular complexity index is 1080. The molecule has 1 saturated carbocycles. The molecule has 0 bridgehead atoms. The van der Waals surface area contributed by atoms with E-state index < -0.39 is 11.7 Å². The van der Waals surface area contributed by atoms with Gasteiger partial charge in [0.05, 0.1) is 5.56 Å². The lowest BCUT2D eigenvalue weighted by Crippen LogP contribution is -2.50. The van der Waals surface area contributed by atoms with Crippen molar-refractivity contribution in [1.82, 2.24) is 15.1 Å². The summed E-state index contributed by atoms with van der Waals surface area (Å²) in [6.45, 7) is 1.25. The molecule has 2 fully saturated rings. The summed E-state index contributed by atoms with van der Waals surface area (Å²) in [6, 6.07) is 11.4. The van der Waals surface area contributed by atoms with Crippen molar-refractivity contribution in [1.29, 1.82) is 0 Å². The van der Waals surface area contributed by atoms with Gasteiger partial charge in [-0.05, 0) is 60.9 Å². The van der Waals surface area contributed by atoms with Gasteiger partial charge in [-0.3, -0.25) is 14.4 Å². The Morgan fingerprint density at radius 2 is 1.38 bits per heavy atom. The molecule has 4 rings (SSSR count). The molecule has 1 heterocycles. The molecule has 9 heteroatoms. The predicted molar refractivity (Wildman–Crippen MR) is 120 cm³/mol. The van der Waals surface area contributed by atoms with Crippen LogP contribution in [0.1, 0.15) is 44.7 Å². The second kappa shape index (κ2) is 9.70. The Labute approximate surface area is 195 Å². The number of alkyl halides is 3. The van der Waals surface area contributed by atoms with Crippen LogP contribution in [0.4, 0.5) is 13.2 Å². The molecule has 0 spiro atoms. The van der Waals surface area contributed by atoms with Crippen LogP contribution < -0.4 is 5.32 Å². The van der Waals surface area contributed by atoms with E-state index in [1.807, 2.05) is 0 Å². The molecule has 0 atom stereocenters. The fourth-order valence-corrected chi connectivity index (χ4v) is 3.63. The normalized spacial score (nSPS) is 16.6. The summed E-state index contributed by atoms with van der Waals surface area (Å²) in [5, 5.41) is 2.92. The van der Waals surface area contributed by atoms with E-state index in [1.165, 1.54) is 23.1 Å². The lowest BCUT2D eigenvalue weighted by molar-refractivity contribution is -0.137. The molecule has 1 N–H and O–H groups in total. The van der Waals surface area contributed by atoms with Gasteiger partial charge in [-0.1, -0.05) is 12.1 Å². The minimum absolute atomic E-state index is 0.0992. The molecule has 3 amide bonds. The zero-order chi connectivity index (χ0) is 24.3. The average Bonchev–Trinajstić information content (AvgIpc) is 3.66. The van der Waals surface area contributed by atoms with Crippen molar-refractivity contribution in [3.63, 3.8) is 0 Å². The number of piperazine rings is 1. The number of nitrogens with one attached hydrogen (secondary N) is 1. The van der Waals surface area contributed by atoms with Crippen LogP contribution in [0.3, 0.4) is 0 Å². The highest BCUT2D eigenvalue weighted by Gasteiger charge is 2.31. The molecule has 178 valence electrons. The average molecular weight is 471 g/mol. The van der Waals surface area contributed by atoms with Crippen molar-refractivity contribution in [3.8, 4) is 0 Å². The first-order chi connectivity index (χ1) is 16.2. The molecular formula is C25H24F3N3O3. The van der Waals surface area contributed by atoms with Gasteiger partial charge < -0.3 is 15.1 Å². The summed E-state index contributed by atoms with van der Waals surface area (Å²) in [7, 11) is 0. The van der Waals surface area contributed by atoms with E-state index in [9.17, 15) is 27.6 Å². The van der Waals surface area contributed by atoms with Crippen LogP contribution in [0, 0.1) is 0 Å². The van der Waals surface area contributed by atoms with Gasteiger partial charge >= 0.3 is 6.18 Å². The molecular weight excluding hydrogens is 447 g/mol. The van der Waals surface area contributed by atoms with E-state index in [2.05, 4.69) is 5.32 Å². The monoisotopic (exact) mass is 471 g/mol. The Morgan fingerprint density at radius 3 is 1.94 bits per heavy atom. The molecule has 2 aliphatic rings. The van der Waals surface area contributed by atoms with Gasteiger partial charge in [-0.2, -0.15) is 13.2 Å². The fraction of sp³-hybridized carbons (Fsp3) is 0.320. The van der Waals surface area contributed by atoms with Crippen molar-refractivity contribution >= 4 is 23.8 Å². The van der Waals surface area contributed by atoms with Crippen molar-refractivity contribution in [3.05, 3.63) is 76.9 Å². The lowest BCUT2D eigenvalue weighted by Gasteiger charge is -2.34. The SMILES string of the molecule is O=C(NC1CC1)c1ccc(/C=C/C(=O)N2CCN(C(=O)c3ccc(C(F)(F)F)cc3)CC2)cc1. The first-order valence-electron chi connectivity index (χ1n) is 11.1. The zero-order valence-corrected chi connectivity index (χ0v) is 18.3. The van der Waals surface area contributed by atoms with Gasteiger partial charge in [0.1, 0.15) is 0 Å². The predicted octanol–water partition coefficient (Wildman–Crippen LogP) is 3.60. The fourth-order valence-electron chi connectivity index (χ4n) is 3.63. The van der Waals surface area contributed by atoms with Crippen LogP contribution in [0.25, 0.3) is 6.08 Å². The first-order valence-corrected chi connectivity index (χ1v) is 11.1. The number of amides is 3. The molecule has 2 aromatic carbocycles. The third-order valence-electron chi connectivity index (χ3n) is 5.84. The molecule has 1 aliphatic carbocycles. The molecule has 1 saturated heterocycles. The standard InChI is InChI=1S/C25H24F3N3O3/c26-25(27,28)20-8-6-19(7-9-20)24(34)31-15-13-30(14-16-31)22(32)12-3-17-1-4-18(5-2-17)23(33)29-21-10-11-21/h1-9,12,21H,10-11,13-16H2,(H,29,33)/b12-3+. The van der Waals surface area contributed by atoms with Crippen LogP contribution in [0.2, 0.25) is 0 Å². The molecule has 6 nitrogen and oxygen atoms in total. The van der Waals surface area contributed by atoms with E-state index in [4.69, 9.17) is 0 Å². The van der Waals surface area contributed by atoms with E-state index in [0.29, 0.717) is 31.7 Å². The van der Waals surface area contributed by atoms with Gasteiger partial charge in [-0.25, -0.2) is 0 Å². The van der Waals surface area contributed by atoms with Crippen molar-refractivity contribution in [2.75, 3.05) is 26.2 Å². The molecule has 0 radical (unpaired) electrons. The van der Waals surface area contributed by atoms with E-state index in [1.54, 1.807) is 35.2 Å². The Morgan fingerprint density at radius 1 is 0.824 bits per heavy atom. The highest BCUT2D eigenvalue weighted by molar-refractivity contribution is 5.96. The van der Waals surface area contributed by atoms with Gasteiger partial charge in [0.15, 0.2) is 0 Å². The zero-order valence-electron chi connectivity index (χ0n) is 18.3. The molecule has 0 aromatic heterocycles. The second-order valence-electron chi connectivity index (χ2n) is 8.40. The Hall–Kier alpha value is -3.62. The smallest absolute Gasteiger partial charge is 0.349 e. The van der Waals surface area contributed by atoms with Crippen LogP contribution in [-0.2, 0) is 11.0 Å². The number of halogens is 3. The Balaban J connectivity index is 1.27. The summed E-state index contributed by atoms with van der Waals surface area (Å²) in [5.41, 5.74) is 0.737. The molecule has 2 aromatic rings. The van der Waals surface area contributed by atoms with Crippen LogP contribution in [0.5, 0.6) is 0 Å². The number of rotatable bonds is 5. The first kappa shape index (κ1) is 23.5. The van der Waals surface area contributed by atoms with Crippen LogP contribution in [-0.4, -0.2) is 59.7 Å². The molecule has 34 heavy (non-hydrogen) atoms. The van der Waals surface area contributed by atoms with Crippen molar-refractivity contribution in [2.45, 2.75) is 25.1 Å². The van der Waals surface area contributed by atoms with E-state index >= 15 is 0 Å². The number of hydrogen-bond acceptors (Lipinski definition) is 3. The molecule has 0 unspecified atom stereocenters. The van der Waals surface area contributed by atoms with Gasteiger partial charge in [0.25, 0.3) is 11.8 Å². The number of carbonyl (C=O) groups excluding carboxylic acids is 3. The summed E-state index contributed by atoms with van der Waals surface area (Å²) < 4.78 is 38.1. The van der Waals surface area contributed by atoms with Gasteiger partial charge in [0, 0.05) is 49.4 Å². The summed E-state index contributed by atoms with van der Waals surface area (Å²) in [6.07, 6.45) is 0.712. The highest BCUT2D eigenvalue weighted by Crippen LogP contribution is 2.29. The second-order valence-corrected chi connectivity index (χ2v) is 8.40. The largest absolute Gasteiger partial charge is 0.416 e. The summed E-state index contributed by atoms with van der Waals surface area (Å²) in [5.74, 6) is -0.655. The van der Waals surface area contributed by atoms with E-state index in [-0.39, 0.29) is 29.3 Å². The summed E-state index contributed by atoms with van der Waals surface area (Å²) in [4.78, 5) is 40.3. The quantitative estimate of drug-likeness (QED) is 0.678. The highest BCUT2D eigenvalue weighted by atomic mass is 19.4. The lowest BCUT2D eigenvalue weighted by atomic mass is 10.1. The number of carbonyl (C=O) groups is 3. The number of nitrogens with zero attached hydrogens (tertiary/aromatic N) is 2. The summed E-state index contributed by atoms with van der Waals surface area (Å²) >= 11 is 0. The minimum Gasteiger partial charge on any atom is -0.349 e. The van der Waals surface area contributed by atoms with Crippen LogP contribution in [0.15, 0.2) is 54.6 Å². The molecule has 1 aliphatic heterocycles. The van der Waals surface area contributed by atoms with Crippen molar-refractivity contribution in [2.24, 2.45) is 0 Å². The topological polar surface area (TPSA) is 69.7 Å².